The van der Waals surface area contributed by atoms with Gasteiger partial charge in [0.15, 0.2) is 0 Å². The van der Waals surface area contributed by atoms with Crippen LogP contribution >= 0.6 is 39.1 Å². The van der Waals surface area contributed by atoms with Gasteiger partial charge in [-0.25, -0.2) is 4.79 Å². The third kappa shape index (κ3) is 3.81. The van der Waals surface area contributed by atoms with Crippen LogP contribution in [-0.2, 0) is 0 Å². The maximum atomic E-state index is 12.3. The van der Waals surface area contributed by atoms with Crippen molar-refractivity contribution < 1.29 is 9.53 Å². The van der Waals surface area contributed by atoms with E-state index in [0.29, 0.717) is 15.2 Å². The molecule has 0 aromatic heterocycles. The summed E-state index contributed by atoms with van der Waals surface area (Å²) in [5, 5.41) is 0.717. The minimum absolute atomic E-state index is 0.254. The van der Waals surface area contributed by atoms with E-state index in [1.807, 2.05) is 42.5 Å². The highest BCUT2D eigenvalue weighted by molar-refractivity contribution is 9.10. The van der Waals surface area contributed by atoms with Crippen molar-refractivity contribution in [1.82, 2.24) is 0 Å². The first-order chi connectivity index (χ1) is 11.5. The van der Waals surface area contributed by atoms with Crippen molar-refractivity contribution in [3.63, 3.8) is 0 Å². The summed E-state index contributed by atoms with van der Waals surface area (Å²) in [4.78, 5) is 12.3. The number of ether oxygens (including phenoxy) is 1. The van der Waals surface area contributed by atoms with Crippen molar-refractivity contribution >= 4 is 45.1 Å². The number of rotatable bonds is 3. The monoisotopic (exact) mass is 420 g/mol. The molecule has 120 valence electrons. The van der Waals surface area contributed by atoms with Crippen molar-refractivity contribution in [2.45, 2.75) is 0 Å². The molecule has 3 aromatic rings. The summed E-state index contributed by atoms with van der Waals surface area (Å²) in [5.74, 6) is -0.115. The Morgan fingerprint density at radius 2 is 1.62 bits per heavy atom. The Morgan fingerprint density at radius 1 is 0.875 bits per heavy atom. The molecule has 0 atom stereocenters. The molecule has 0 N–H and O–H groups in total. The molecule has 0 radical (unpaired) electrons. The number of esters is 1. The second kappa shape index (κ2) is 7.39. The summed E-state index contributed by atoms with van der Waals surface area (Å²) >= 11 is 15.3. The number of carbonyl (C=O) groups excluding carboxylic acids is 1. The van der Waals surface area contributed by atoms with Crippen LogP contribution in [0.5, 0.6) is 5.75 Å². The van der Waals surface area contributed by atoms with Gasteiger partial charge in [-0.05, 0) is 57.4 Å². The fourth-order valence-corrected chi connectivity index (χ4v) is 3.15. The van der Waals surface area contributed by atoms with Crippen molar-refractivity contribution in [2.75, 3.05) is 0 Å². The van der Waals surface area contributed by atoms with Crippen LogP contribution in [0, 0.1) is 0 Å². The van der Waals surface area contributed by atoms with E-state index in [4.69, 9.17) is 27.9 Å². The van der Waals surface area contributed by atoms with E-state index >= 15 is 0 Å². The lowest BCUT2D eigenvalue weighted by molar-refractivity contribution is 0.0734. The molecule has 0 bridgehead atoms. The van der Waals surface area contributed by atoms with Crippen LogP contribution in [0.25, 0.3) is 11.1 Å². The first kappa shape index (κ1) is 17.0. The third-order valence-corrected chi connectivity index (χ3v) is 4.56. The Kier molecular flexibility index (Phi) is 5.24. The molecular weight excluding hydrogens is 411 g/mol. The molecule has 0 aliphatic carbocycles. The Bertz CT molecular complexity index is 895. The molecule has 5 heteroatoms. The van der Waals surface area contributed by atoms with Crippen LogP contribution in [-0.4, -0.2) is 5.97 Å². The van der Waals surface area contributed by atoms with Gasteiger partial charge in [0.2, 0.25) is 0 Å². The molecule has 0 saturated carbocycles. The van der Waals surface area contributed by atoms with Crippen LogP contribution in [0.2, 0.25) is 10.0 Å². The Balaban J connectivity index is 1.84. The van der Waals surface area contributed by atoms with Gasteiger partial charge >= 0.3 is 5.97 Å². The van der Waals surface area contributed by atoms with Gasteiger partial charge in [-0.15, -0.1) is 0 Å². The standard InChI is InChI=1S/C19H11BrCl2O2/c20-16-10-13(12-4-2-1-3-5-12)6-9-18(16)24-19(23)15-8-7-14(21)11-17(15)22/h1-11H. The zero-order valence-electron chi connectivity index (χ0n) is 12.3. The molecule has 0 fully saturated rings. The first-order valence-electron chi connectivity index (χ1n) is 7.07. The predicted octanol–water partition coefficient (Wildman–Crippen LogP) is 6.64. The summed E-state index contributed by atoms with van der Waals surface area (Å²) in [5.41, 5.74) is 2.36. The Hall–Kier alpha value is -1.81. The van der Waals surface area contributed by atoms with Crippen LogP contribution in [0.3, 0.4) is 0 Å². The zero-order valence-corrected chi connectivity index (χ0v) is 15.4. The number of hydrogen-bond acceptors (Lipinski definition) is 2. The quantitative estimate of drug-likeness (QED) is 0.349. The maximum absolute atomic E-state index is 12.3. The second-order valence-electron chi connectivity index (χ2n) is 5.02. The molecular formula is C19H11BrCl2O2. The van der Waals surface area contributed by atoms with E-state index < -0.39 is 5.97 Å². The molecule has 24 heavy (non-hydrogen) atoms. The topological polar surface area (TPSA) is 26.3 Å². The molecule has 0 unspecified atom stereocenters. The lowest BCUT2D eigenvalue weighted by Crippen LogP contribution is -2.09. The molecule has 3 rings (SSSR count). The van der Waals surface area contributed by atoms with Crippen molar-refractivity contribution in [2.24, 2.45) is 0 Å². The average Bonchev–Trinajstić information content (AvgIpc) is 2.57. The molecule has 0 aliphatic heterocycles. The van der Waals surface area contributed by atoms with Gasteiger partial charge in [-0.3, -0.25) is 0 Å². The smallest absolute Gasteiger partial charge is 0.345 e. The summed E-state index contributed by atoms with van der Waals surface area (Å²) < 4.78 is 6.11. The maximum Gasteiger partial charge on any atom is 0.345 e. The highest BCUT2D eigenvalue weighted by atomic mass is 79.9. The number of halogens is 3. The Labute approximate surface area is 158 Å². The van der Waals surface area contributed by atoms with Crippen LogP contribution < -0.4 is 4.74 Å². The van der Waals surface area contributed by atoms with Crippen LogP contribution in [0.1, 0.15) is 10.4 Å². The highest BCUT2D eigenvalue weighted by Crippen LogP contribution is 2.32. The van der Waals surface area contributed by atoms with Gasteiger partial charge in [-0.2, -0.15) is 0 Å². The number of hydrogen-bond donors (Lipinski definition) is 0. The summed E-state index contributed by atoms with van der Waals surface area (Å²) in [6.45, 7) is 0. The number of carbonyl (C=O) groups is 1. The SMILES string of the molecule is O=C(Oc1ccc(-c2ccccc2)cc1Br)c1ccc(Cl)cc1Cl. The Morgan fingerprint density at radius 3 is 2.29 bits per heavy atom. The summed E-state index contributed by atoms with van der Waals surface area (Å²) in [6, 6.07) is 20.1. The van der Waals surface area contributed by atoms with E-state index in [2.05, 4.69) is 15.9 Å². The zero-order chi connectivity index (χ0) is 17.1. The van der Waals surface area contributed by atoms with E-state index in [-0.39, 0.29) is 10.6 Å². The van der Waals surface area contributed by atoms with E-state index in [1.165, 1.54) is 6.07 Å². The molecule has 0 saturated heterocycles. The van der Waals surface area contributed by atoms with Crippen molar-refractivity contribution in [1.29, 1.82) is 0 Å². The van der Waals surface area contributed by atoms with Gasteiger partial charge in [0, 0.05) is 5.02 Å². The van der Waals surface area contributed by atoms with Crippen LogP contribution in [0.4, 0.5) is 0 Å². The molecule has 3 aromatic carbocycles. The third-order valence-electron chi connectivity index (χ3n) is 3.39. The van der Waals surface area contributed by atoms with Gasteiger partial charge in [0.1, 0.15) is 5.75 Å². The highest BCUT2D eigenvalue weighted by Gasteiger charge is 2.15. The van der Waals surface area contributed by atoms with Gasteiger partial charge in [0.25, 0.3) is 0 Å². The van der Waals surface area contributed by atoms with E-state index in [0.717, 1.165) is 11.1 Å². The van der Waals surface area contributed by atoms with Gasteiger partial charge in [0.05, 0.1) is 15.1 Å². The minimum Gasteiger partial charge on any atom is -0.422 e. The average molecular weight is 422 g/mol. The largest absolute Gasteiger partial charge is 0.422 e. The normalized spacial score (nSPS) is 10.5. The van der Waals surface area contributed by atoms with Crippen molar-refractivity contribution in [3.05, 3.63) is 86.8 Å². The lowest BCUT2D eigenvalue weighted by Gasteiger charge is -2.09. The minimum atomic E-state index is -0.537. The predicted molar refractivity (Wildman–Crippen MR) is 101 cm³/mol. The molecule has 0 spiro atoms. The summed E-state index contributed by atoms with van der Waals surface area (Å²) in [7, 11) is 0. The van der Waals surface area contributed by atoms with Gasteiger partial charge in [-0.1, -0.05) is 59.6 Å². The molecule has 2 nitrogen and oxygen atoms in total. The first-order valence-corrected chi connectivity index (χ1v) is 8.61. The summed E-state index contributed by atoms with van der Waals surface area (Å²) in [6.07, 6.45) is 0. The fraction of sp³-hybridized carbons (Fsp3) is 0. The lowest BCUT2D eigenvalue weighted by atomic mass is 10.1. The van der Waals surface area contributed by atoms with Gasteiger partial charge < -0.3 is 4.74 Å². The van der Waals surface area contributed by atoms with E-state index in [1.54, 1.807) is 18.2 Å². The van der Waals surface area contributed by atoms with Crippen LogP contribution in [0.15, 0.2) is 71.2 Å². The second-order valence-corrected chi connectivity index (χ2v) is 6.72. The fourth-order valence-electron chi connectivity index (χ4n) is 2.20. The molecule has 0 amide bonds. The molecule has 0 heterocycles. The molecule has 0 aliphatic rings. The van der Waals surface area contributed by atoms with Crippen molar-refractivity contribution in [3.8, 4) is 16.9 Å². The van der Waals surface area contributed by atoms with E-state index in [9.17, 15) is 4.79 Å². The number of benzene rings is 3.